The van der Waals surface area contributed by atoms with Gasteiger partial charge >= 0.3 is 6.18 Å². The van der Waals surface area contributed by atoms with Gasteiger partial charge in [0.05, 0.1) is 27.7 Å². The van der Waals surface area contributed by atoms with Gasteiger partial charge in [0, 0.05) is 37.5 Å². The Kier molecular flexibility index (Phi) is 10.3. The molecule has 0 atom stereocenters. The minimum absolute atomic E-state index is 0.0114. The number of halogens is 5. The summed E-state index contributed by atoms with van der Waals surface area (Å²) in [4.78, 5) is 1.59. The summed E-state index contributed by atoms with van der Waals surface area (Å²) in [5.74, 6) is -0.920. The molecule has 3 rings (SSSR count). The van der Waals surface area contributed by atoms with E-state index < -0.39 is 33.0 Å². The highest BCUT2D eigenvalue weighted by atomic mass is 35.5. The maximum absolute atomic E-state index is 14.8. The molecule has 5 nitrogen and oxygen atoms in total. The Labute approximate surface area is 237 Å². The van der Waals surface area contributed by atoms with Crippen molar-refractivity contribution < 1.29 is 35.8 Å². The number of sulfone groups is 1. The second-order valence-electron chi connectivity index (χ2n) is 10.1. The fraction of sp³-hybridized carbons (Fsp3) is 0.379. The van der Waals surface area contributed by atoms with E-state index in [1.165, 1.54) is 26.0 Å². The van der Waals surface area contributed by atoms with Crippen molar-refractivity contribution in [2.75, 3.05) is 26.0 Å². The average Bonchev–Trinajstić information content (AvgIpc) is 2.84. The third-order valence-electron chi connectivity index (χ3n) is 6.26. The Morgan fingerprint density at radius 1 is 1.00 bits per heavy atom. The number of nitrogens with zero attached hydrogens (tertiary/aromatic N) is 1. The van der Waals surface area contributed by atoms with E-state index in [4.69, 9.17) is 16.3 Å². The third kappa shape index (κ3) is 8.67. The zero-order valence-corrected chi connectivity index (χ0v) is 24.0. The summed E-state index contributed by atoms with van der Waals surface area (Å²) >= 11 is 6.13. The highest BCUT2D eigenvalue weighted by Crippen LogP contribution is 2.37. The van der Waals surface area contributed by atoms with Crippen molar-refractivity contribution >= 4 is 21.4 Å². The number of hydrogen-bond acceptors (Lipinski definition) is 5. The van der Waals surface area contributed by atoms with E-state index in [2.05, 4.69) is 0 Å². The smallest absolute Gasteiger partial charge is 0.417 e. The van der Waals surface area contributed by atoms with Crippen LogP contribution in [0.3, 0.4) is 0 Å². The van der Waals surface area contributed by atoms with E-state index in [1.54, 1.807) is 6.07 Å². The predicted octanol–water partition coefficient (Wildman–Crippen LogP) is 6.64. The minimum Gasteiger partial charge on any atom is -0.493 e. The molecule has 0 heterocycles. The quantitative estimate of drug-likeness (QED) is 0.186. The SMILES string of the molecule is CC(C)(O)c1c(F)cc(OCCCN(CCc2ccccc2)Cc2cccc(C(F)(F)F)c2Cl)cc1S(C)(=O)=O. The van der Waals surface area contributed by atoms with Gasteiger partial charge in [-0.25, -0.2) is 12.8 Å². The molecule has 0 unspecified atom stereocenters. The largest absolute Gasteiger partial charge is 0.493 e. The molecule has 0 spiro atoms. The summed E-state index contributed by atoms with van der Waals surface area (Å²) in [5, 5.41) is 9.95. The van der Waals surface area contributed by atoms with Crippen LogP contribution in [0.4, 0.5) is 17.6 Å². The molecule has 11 heteroatoms. The van der Waals surface area contributed by atoms with Crippen LogP contribution in [-0.2, 0) is 34.6 Å². The van der Waals surface area contributed by atoms with Crippen LogP contribution in [0, 0.1) is 5.82 Å². The van der Waals surface area contributed by atoms with Gasteiger partial charge in [-0.3, -0.25) is 4.90 Å². The Balaban J connectivity index is 1.74. The van der Waals surface area contributed by atoms with Crippen molar-refractivity contribution in [3.63, 3.8) is 0 Å². The maximum Gasteiger partial charge on any atom is 0.417 e. The number of benzene rings is 3. The molecule has 3 aromatic carbocycles. The fourth-order valence-electron chi connectivity index (χ4n) is 4.37. The zero-order chi connectivity index (χ0) is 29.7. The van der Waals surface area contributed by atoms with E-state index in [-0.39, 0.29) is 34.4 Å². The number of ether oxygens (including phenoxy) is 1. The Morgan fingerprint density at radius 3 is 2.27 bits per heavy atom. The second-order valence-corrected chi connectivity index (χ2v) is 12.5. The van der Waals surface area contributed by atoms with Crippen LogP contribution in [0.1, 0.15) is 42.5 Å². The first kappa shape index (κ1) is 31.9. The molecule has 1 N–H and O–H groups in total. The molecule has 0 saturated carbocycles. The number of rotatable bonds is 12. The molecule has 218 valence electrons. The van der Waals surface area contributed by atoms with Gasteiger partial charge in [-0.1, -0.05) is 54.1 Å². The summed E-state index contributed by atoms with van der Waals surface area (Å²) in [6.45, 7) is 3.79. The van der Waals surface area contributed by atoms with Crippen molar-refractivity contribution in [3.05, 3.63) is 93.8 Å². The lowest BCUT2D eigenvalue weighted by Crippen LogP contribution is -2.28. The summed E-state index contributed by atoms with van der Waals surface area (Å²) in [6.07, 6.45) is -2.59. The van der Waals surface area contributed by atoms with Gasteiger partial charge in [-0.2, -0.15) is 13.2 Å². The second kappa shape index (κ2) is 12.9. The Hall–Kier alpha value is -2.66. The van der Waals surface area contributed by atoms with E-state index >= 15 is 0 Å². The van der Waals surface area contributed by atoms with Gasteiger partial charge in [-0.05, 0) is 49.9 Å². The van der Waals surface area contributed by atoms with E-state index in [0.717, 1.165) is 24.0 Å². The first-order chi connectivity index (χ1) is 18.6. The molecule has 0 aliphatic heterocycles. The average molecular weight is 602 g/mol. The van der Waals surface area contributed by atoms with Crippen LogP contribution in [-0.4, -0.2) is 44.4 Å². The van der Waals surface area contributed by atoms with Crippen molar-refractivity contribution in [1.82, 2.24) is 4.90 Å². The van der Waals surface area contributed by atoms with Crippen molar-refractivity contribution in [2.45, 2.75) is 49.9 Å². The molecule has 3 aromatic rings. The topological polar surface area (TPSA) is 66.8 Å². The van der Waals surface area contributed by atoms with E-state index in [9.17, 15) is 31.1 Å². The monoisotopic (exact) mass is 601 g/mol. The zero-order valence-electron chi connectivity index (χ0n) is 22.4. The molecular weight excluding hydrogens is 570 g/mol. The Morgan fingerprint density at radius 2 is 1.68 bits per heavy atom. The molecule has 0 aromatic heterocycles. The highest BCUT2D eigenvalue weighted by Gasteiger charge is 2.34. The van der Waals surface area contributed by atoms with Gasteiger partial charge in [-0.15, -0.1) is 0 Å². The number of hydrogen-bond donors (Lipinski definition) is 1. The van der Waals surface area contributed by atoms with Gasteiger partial charge in [0.15, 0.2) is 9.84 Å². The molecule has 0 radical (unpaired) electrons. The maximum atomic E-state index is 14.8. The summed E-state index contributed by atoms with van der Waals surface area (Å²) in [7, 11) is -3.87. The minimum atomic E-state index is -4.57. The molecule has 0 aliphatic carbocycles. The van der Waals surface area contributed by atoms with Crippen LogP contribution < -0.4 is 4.74 Å². The van der Waals surface area contributed by atoms with Crippen LogP contribution in [0.15, 0.2) is 65.6 Å². The van der Waals surface area contributed by atoms with E-state index in [1.807, 2.05) is 35.2 Å². The van der Waals surface area contributed by atoms with Crippen LogP contribution in [0.5, 0.6) is 5.75 Å². The lowest BCUT2D eigenvalue weighted by Gasteiger charge is -2.24. The predicted molar refractivity (Wildman–Crippen MR) is 147 cm³/mol. The summed E-state index contributed by atoms with van der Waals surface area (Å²) in [6, 6.07) is 15.7. The molecule has 0 fully saturated rings. The van der Waals surface area contributed by atoms with Gasteiger partial charge in [0.2, 0.25) is 0 Å². The number of aliphatic hydroxyl groups is 1. The van der Waals surface area contributed by atoms with Crippen LogP contribution in [0.2, 0.25) is 5.02 Å². The fourth-order valence-corrected chi connectivity index (χ4v) is 5.71. The van der Waals surface area contributed by atoms with Gasteiger partial charge < -0.3 is 9.84 Å². The first-order valence-electron chi connectivity index (χ1n) is 12.6. The van der Waals surface area contributed by atoms with E-state index in [0.29, 0.717) is 31.5 Å². The standard InChI is InChI=1S/C29H32ClF4NO4S/c1-28(2,36)26-24(31)17-22(18-25(26)40(3,37)38)39-16-8-14-35(15-13-20-9-5-4-6-10-20)19-21-11-7-12-23(27(21)30)29(32,33)34/h4-7,9-12,17-18,36H,8,13-16,19H2,1-3H3. The highest BCUT2D eigenvalue weighted by molar-refractivity contribution is 7.90. The Bertz CT molecular complexity index is 1410. The first-order valence-corrected chi connectivity index (χ1v) is 14.8. The molecule has 40 heavy (non-hydrogen) atoms. The lowest BCUT2D eigenvalue weighted by atomic mass is 9.97. The van der Waals surface area contributed by atoms with Crippen molar-refractivity contribution in [3.8, 4) is 5.75 Å². The molecule has 0 saturated heterocycles. The number of alkyl halides is 3. The molecule has 0 amide bonds. The molecule has 0 aliphatic rings. The van der Waals surface area contributed by atoms with Crippen molar-refractivity contribution in [1.29, 1.82) is 0 Å². The lowest BCUT2D eigenvalue weighted by molar-refractivity contribution is -0.137. The summed E-state index contributed by atoms with van der Waals surface area (Å²) in [5.41, 5.74) is -1.56. The summed E-state index contributed by atoms with van der Waals surface area (Å²) < 4.78 is 85.2. The van der Waals surface area contributed by atoms with Crippen molar-refractivity contribution in [2.24, 2.45) is 0 Å². The van der Waals surface area contributed by atoms with Gasteiger partial charge in [0.25, 0.3) is 0 Å². The molecular formula is C29H32ClF4NO4S. The van der Waals surface area contributed by atoms with Gasteiger partial charge in [0.1, 0.15) is 11.6 Å². The third-order valence-corrected chi connectivity index (χ3v) is 7.83. The normalized spacial score (nSPS) is 12.7. The van der Waals surface area contributed by atoms with Crippen LogP contribution >= 0.6 is 11.6 Å². The molecule has 0 bridgehead atoms. The van der Waals surface area contributed by atoms with Crippen LogP contribution in [0.25, 0.3) is 0 Å².